The Hall–Kier alpha value is -0.960. The average molecular weight is 256 g/mol. The smallest absolute Gasteiger partial charge is 0.159 e. The SMILES string of the molecule is CC(C)CC(C)CC(O)Cc1ccc(F)c(F)c1. The van der Waals surface area contributed by atoms with Crippen LogP contribution in [0.15, 0.2) is 18.2 Å². The first kappa shape index (κ1) is 15.1. The van der Waals surface area contributed by atoms with Crippen LogP contribution in [0.25, 0.3) is 0 Å². The van der Waals surface area contributed by atoms with E-state index in [1.165, 1.54) is 6.07 Å². The number of halogens is 2. The highest BCUT2D eigenvalue weighted by atomic mass is 19.2. The summed E-state index contributed by atoms with van der Waals surface area (Å²) in [6, 6.07) is 3.79. The molecule has 0 saturated heterocycles. The van der Waals surface area contributed by atoms with Crippen molar-refractivity contribution in [3.05, 3.63) is 35.4 Å². The molecule has 18 heavy (non-hydrogen) atoms. The van der Waals surface area contributed by atoms with Gasteiger partial charge in [0.1, 0.15) is 0 Å². The minimum atomic E-state index is -0.852. The number of benzene rings is 1. The molecule has 102 valence electrons. The van der Waals surface area contributed by atoms with Crippen molar-refractivity contribution in [2.75, 3.05) is 0 Å². The lowest BCUT2D eigenvalue weighted by Gasteiger charge is -2.18. The predicted molar refractivity (Wildman–Crippen MR) is 69.3 cm³/mol. The van der Waals surface area contributed by atoms with E-state index in [0.717, 1.165) is 18.6 Å². The minimum Gasteiger partial charge on any atom is -0.393 e. The standard InChI is InChI=1S/C15H22F2O/c1-10(2)6-11(3)7-13(18)8-12-4-5-14(16)15(17)9-12/h4-5,9-11,13,18H,6-8H2,1-3H3. The number of aliphatic hydroxyl groups is 1. The van der Waals surface area contributed by atoms with E-state index < -0.39 is 17.7 Å². The van der Waals surface area contributed by atoms with Crippen molar-refractivity contribution in [3.8, 4) is 0 Å². The van der Waals surface area contributed by atoms with Gasteiger partial charge in [-0.2, -0.15) is 0 Å². The van der Waals surface area contributed by atoms with Crippen molar-refractivity contribution in [2.45, 2.75) is 46.1 Å². The minimum absolute atomic E-state index is 0.375. The van der Waals surface area contributed by atoms with Gasteiger partial charge in [-0.15, -0.1) is 0 Å². The van der Waals surface area contributed by atoms with E-state index in [4.69, 9.17) is 0 Å². The monoisotopic (exact) mass is 256 g/mol. The maximum atomic E-state index is 13.0. The molecule has 0 heterocycles. The Morgan fingerprint density at radius 1 is 1.06 bits per heavy atom. The van der Waals surface area contributed by atoms with Crippen LogP contribution in [0.5, 0.6) is 0 Å². The molecule has 0 spiro atoms. The Bertz CT molecular complexity index is 377. The van der Waals surface area contributed by atoms with Gasteiger partial charge in [-0.3, -0.25) is 0 Å². The van der Waals surface area contributed by atoms with E-state index in [1.807, 2.05) is 0 Å². The molecule has 1 N–H and O–H groups in total. The summed E-state index contributed by atoms with van der Waals surface area (Å²) < 4.78 is 25.8. The van der Waals surface area contributed by atoms with Crippen LogP contribution in [-0.4, -0.2) is 11.2 Å². The largest absolute Gasteiger partial charge is 0.393 e. The first-order valence-electron chi connectivity index (χ1n) is 6.50. The van der Waals surface area contributed by atoms with Gasteiger partial charge in [0.25, 0.3) is 0 Å². The Kier molecular flexibility index (Phi) is 5.73. The molecule has 0 amide bonds. The van der Waals surface area contributed by atoms with E-state index in [2.05, 4.69) is 20.8 Å². The molecule has 0 fully saturated rings. The van der Waals surface area contributed by atoms with Gasteiger partial charge in [0, 0.05) is 0 Å². The van der Waals surface area contributed by atoms with E-state index in [1.54, 1.807) is 0 Å². The molecule has 3 heteroatoms. The summed E-state index contributed by atoms with van der Waals surface area (Å²) in [6.45, 7) is 6.41. The van der Waals surface area contributed by atoms with Crippen molar-refractivity contribution in [3.63, 3.8) is 0 Å². The normalized spacial score (nSPS) is 14.8. The van der Waals surface area contributed by atoms with Crippen LogP contribution in [0.2, 0.25) is 0 Å². The van der Waals surface area contributed by atoms with Crippen molar-refractivity contribution in [1.82, 2.24) is 0 Å². The third-order valence-electron chi connectivity index (χ3n) is 3.00. The van der Waals surface area contributed by atoms with Crippen molar-refractivity contribution < 1.29 is 13.9 Å². The highest BCUT2D eigenvalue weighted by Crippen LogP contribution is 2.19. The maximum Gasteiger partial charge on any atom is 0.159 e. The quantitative estimate of drug-likeness (QED) is 0.817. The average Bonchev–Trinajstić information content (AvgIpc) is 2.21. The second kappa shape index (κ2) is 6.83. The lowest BCUT2D eigenvalue weighted by atomic mass is 9.91. The fraction of sp³-hybridized carbons (Fsp3) is 0.600. The molecule has 0 aliphatic rings. The summed E-state index contributed by atoms with van der Waals surface area (Å²) in [7, 11) is 0. The van der Waals surface area contributed by atoms with Gasteiger partial charge in [0.05, 0.1) is 6.10 Å². The highest BCUT2D eigenvalue weighted by Gasteiger charge is 2.13. The van der Waals surface area contributed by atoms with Crippen molar-refractivity contribution >= 4 is 0 Å². The number of hydrogen-bond acceptors (Lipinski definition) is 1. The summed E-state index contributed by atoms with van der Waals surface area (Å²) in [5.41, 5.74) is 0.637. The van der Waals surface area contributed by atoms with Crippen LogP contribution in [-0.2, 0) is 6.42 Å². The van der Waals surface area contributed by atoms with Gasteiger partial charge in [-0.25, -0.2) is 8.78 Å². The Morgan fingerprint density at radius 3 is 2.28 bits per heavy atom. The highest BCUT2D eigenvalue weighted by molar-refractivity contribution is 5.18. The summed E-state index contributed by atoms with van der Waals surface area (Å²) in [4.78, 5) is 0. The van der Waals surface area contributed by atoms with Gasteiger partial charge in [0.2, 0.25) is 0 Å². The number of hydrogen-bond donors (Lipinski definition) is 1. The van der Waals surface area contributed by atoms with E-state index in [0.29, 0.717) is 30.2 Å². The Labute approximate surface area is 108 Å². The zero-order valence-corrected chi connectivity index (χ0v) is 11.3. The fourth-order valence-corrected chi connectivity index (χ4v) is 2.39. The zero-order chi connectivity index (χ0) is 13.7. The van der Waals surface area contributed by atoms with Crippen LogP contribution in [0, 0.1) is 23.5 Å². The summed E-state index contributed by atoms with van der Waals surface area (Å²) >= 11 is 0. The number of aliphatic hydroxyl groups excluding tert-OH is 1. The van der Waals surface area contributed by atoms with Crippen LogP contribution in [0.1, 0.15) is 39.2 Å². The van der Waals surface area contributed by atoms with Gasteiger partial charge in [-0.05, 0) is 48.8 Å². The summed E-state index contributed by atoms with van der Waals surface area (Å²) in [6.07, 6.45) is 1.63. The lowest BCUT2D eigenvalue weighted by Crippen LogP contribution is -2.16. The van der Waals surface area contributed by atoms with Crippen molar-refractivity contribution in [1.29, 1.82) is 0 Å². The molecule has 2 unspecified atom stereocenters. The Morgan fingerprint density at radius 2 is 1.72 bits per heavy atom. The lowest BCUT2D eigenvalue weighted by molar-refractivity contribution is 0.140. The molecule has 0 aromatic heterocycles. The Balaban J connectivity index is 2.48. The first-order valence-corrected chi connectivity index (χ1v) is 6.50. The molecular formula is C15H22F2O. The molecule has 0 aliphatic carbocycles. The van der Waals surface area contributed by atoms with Gasteiger partial charge >= 0.3 is 0 Å². The van der Waals surface area contributed by atoms with Gasteiger partial charge < -0.3 is 5.11 Å². The molecule has 1 nitrogen and oxygen atoms in total. The van der Waals surface area contributed by atoms with E-state index in [9.17, 15) is 13.9 Å². The molecule has 0 radical (unpaired) electrons. The predicted octanol–water partition coefficient (Wildman–Crippen LogP) is 3.94. The van der Waals surface area contributed by atoms with Gasteiger partial charge in [0.15, 0.2) is 11.6 Å². The van der Waals surface area contributed by atoms with E-state index in [-0.39, 0.29) is 0 Å². The topological polar surface area (TPSA) is 20.2 Å². The summed E-state index contributed by atoms with van der Waals surface area (Å²) in [5.74, 6) is -0.655. The molecule has 0 bridgehead atoms. The first-order chi connectivity index (χ1) is 8.38. The molecular weight excluding hydrogens is 234 g/mol. The van der Waals surface area contributed by atoms with Crippen LogP contribution >= 0.6 is 0 Å². The third-order valence-corrected chi connectivity index (χ3v) is 3.00. The summed E-state index contributed by atoms with van der Waals surface area (Å²) in [5, 5.41) is 9.93. The second-order valence-electron chi connectivity index (χ2n) is 5.58. The van der Waals surface area contributed by atoms with Crippen LogP contribution in [0.4, 0.5) is 8.78 Å². The molecule has 1 rings (SSSR count). The molecule has 2 atom stereocenters. The second-order valence-corrected chi connectivity index (χ2v) is 5.58. The molecule has 0 saturated carbocycles. The fourth-order valence-electron chi connectivity index (χ4n) is 2.39. The molecule has 0 aliphatic heterocycles. The molecule has 1 aromatic rings. The number of rotatable bonds is 6. The molecule has 1 aromatic carbocycles. The van der Waals surface area contributed by atoms with Crippen LogP contribution < -0.4 is 0 Å². The zero-order valence-electron chi connectivity index (χ0n) is 11.3. The van der Waals surface area contributed by atoms with Gasteiger partial charge in [-0.1, -0.05) is 26.8 Å². The maximum absolute atomic E-state index is 13.0. The van der Waals surface area contributed by atoms with Crippen molar-refractivity contribution in [2.24, 2.45) is 11.8 Å². The van der Waals surface area contributed by atoms with Crippen LogP contribution in [0.3, 0.4) is 0 Å². The third kappa shape index (κ3) is 5.13. The van der Waals surface area contributed by atoms with E-state index >= 15 is 0 Å².